The van der Waals surface area contributed by atoms with Gasteiger partial charge >= 0.3 is 0 Å². The van der Waals surface area contributed by atoms with Crippen LogP contribution in [-0.4, -0.2) is 33.5 Å². The lowest BCUT2D eigenvalue weighted by molar-refractivity contribution is -0.122. The zero-order valence-corrected chi connectivity index (χ0v) is 17.6. The van der Waals surface area contributed by atoms with Crippen LogP contribution in [0.1, 0.15) is 49.0 Å². The van der Waals surface area contributed by atoms with Gasteiger partial charge in [0, 0.05) is 37.0 Å². The molecular weight excluding hydrogens is 420 g/mol. The predicted molar refractivity (Wildman–Crippen MR) is 111 cm³/mol. The fourth-order valence-corrected chi connectivity index (χ4v) is 2.95. The van der Waals surface area contributed by atoms with Gasteiger partial charge < -0.3 is 15.2 Å². The molecule has 32 heavy (non-hydrogen) atoms. The van der Waals surface area contributed by atoms with E-state index in [0.717, 1.165) is 12.1 Å². The average molecular weight is 443 g/mol. The number of aromatic nitrogens is 3. The number of halogens is 2. The highest BCUT2D eigenvalue weighted by Gasteiger charge is 2.24. The maximum Gasteiger partial charge on any atom is 0.254 e. The molecule has 0 fully saturated rings. The number of rotatable bonds is 9. The number of nitrogens with zero attached hydrogens (tertiary/aromatic N) is 3. The number of amides is 2. The third kappa shape index (κ3) is 5.93. The molecule has 2 heterocycles. The molecule has 0 spiro atoms. The molecule has 0 radical (unpaired) electrons. The van der Waals surface area contributed by atoms with Gasteiger partial charge in [-0.05, 0) is 36.6 Å². The minimum atomic E-state index is -0.940. The molecule has 8 nitrogen and oxygen atoms in total. The summed E-state index contributed by atoms with van der Waals surface area (Å²) >= 11 is 0. The third-order valence-corrected chi connectivity index (χ3v) is 4.65. The topological polar surface area (TPSA) is 110 Å². The van der Waals surface area contributed by atoms with Crippen molar-refractivity contribution in [3.63, 3.8) is 0 Å². The summed E-state index contributed by atoms with van der Waals surface area (Å²) in [5.41, 5.74) is 0.446. The van der Waals surface area contributed by atoms with Crippen molar-refractivity contribution in [3.05, 3.63) is 65.8 Å². The molecule has 1 atom stereocenters. The Labute approximate surface area is 183 Å². The van der Waals surface area contributed by atoms with E-state index >= 15 is 0 Å². The lowest BCUT2D eigenvalue weighted by Crippen LogP contribution is -2.33. The Kier molecular flexibility index (Phi) is 7.58. The number of carbonyl (C=O) groups excluding carboxylic acids is 2. The van der Waals surface area contributed by atoms with Crippen molar-refractivity contribution in [2.24, 2.45) is 5.92 Å². The number of nitrogens with one attached hydrogen (secondary N) is 2. The molecule has 0 saturated heterocycles. The first kappa shape index (κ1) is 23.0. The summed E-state index contributed by atoms with van der Waals surface area (Å²) in [5, 5.41) is 9.34. The first-order valence-corrected chi connectivity index (χ1v) is 10.1. The molecule has 2 amide bonds. The van der Waals surface area contributed by atoms with Crippen molar-refractivity contribution in [2.45, 2.75) is 32.7 Å². The summed E-state index contributed by atoms with van der Waals surface area (Å²) in [6, 6.07) is 5.81. The Hall–Kier alpha value is -3.69. The Balaban J connectivity index is 1.50. The third-order valence-electron chi connectivity index (χ3n) is 4.65. The Bertz CT molecular complexity index is 1070. The highest BCUT2D eigenvalue weighted by atomic mass is 19.1. The van der Waals surface area contributed by atoms with E-state index in [1.165, 1.54) is 0 Å². The van der Waals surface area contributed by atoms with Crippen LogP contribution in [0.4, 0.5) is 8.78 Å². The zero-order chi connectivity index (χ0) is 23.1. The van der Waals surface area contributed by atoms with Crippen LogP contribution >= 0.6 is 0 Å². The summed E-state index contributed by atoms with van der Waals surface area (Å²) < 4.78 is 31.9. The Morgan fingerprint density at radius 1 is 1.19 bits per heavy atom. The van der Waals surface area contributed by atoms with Gasteiger partial charge in [-0.3, -0.25) is 14.6 Å². The quantitative estimate of drug-likeness (QED) is 0.491. The van der Waals surface area contributed by atoms with E-state index in [2.05, 4.69) is 25.8 Å². The van der Waals surface area contributed by atoms with Crippen molar-refractivity contribution >= 4 is 11.8 Å². The molecule has 0 aliphatic rings. The van der Waals surface area contributed by atoms with E-state index in [9.17, 15) is 18.4 Å². The van der Waals surface area contributed by atoms with Crippen molar-refractivity contribution < 1.29 is 22.9 Å². The van der Waals surface area contributed by atoms with E-state index in [1.54, 1.807) is 24.5 Å². The molecule has 0 bridgehead atoms. The van der Waals surface area contributed by atoms with Gasteiger partial charge in [0.05, 0.1) is 5.56 Å². The van der Waals surface area contributed by atoms with Crippen LogP contribution in [0, 0.1) is 17.6 Å². The minimum absolute atomic E-state index is 0.0118. The maximum absolute atomic E-state index is 13.6. The SMILES string of the molecule is CC(C)C(NC(=O)CCCNC(=O)c1ccc(F)cc1F)c1nc(-c2cccnc2)no1. The normalized spacial score (nSPS) is 11.9. The maximum atomic E-state index is 13.6. The zero-order valence-electron chi connectivity index (χ0n) is 17.6. The molecule has 2 aromatic heterocycles. The summed E-state index contributed by atoms with van der Waals surface area (Å²) in [4.78, 5) is 32.8. The lowest BCUT2D eigenvalue weighted by Gasteiger charge is -2.18. The van der Waals surface area contributed by atoms with Crippen LogP contribution in [0.25, 0.3) is 11.4 Å². The van der Waals surface area contributed by atoms with E-state index in [0.29, 0.717) is 23.9 Å². The predicted octanol–water partition coefficient (Wildman–Crippen LogP) is 3.43. The molecule has 3 rings (SSSR count). The highest BCUT2D eigenvalue weighted by Crippen LogP contribution is 2.23. The fourth-order valence-electron chi connectivity index (χ4n) is 2.95. The van der Waals surface area contributed by atoms with Crippen LogP contribution in [0.3, 0.4) is 0 Å². The molecule has 0 aliphatic carbocycles. The standard InChI is InChI=1S/C22H23F2N5O3/c1-13(2)19(22-28-20(29-32-22)14-5-3-9-25-12-14)27-18(30)6-4-10-26-21(31)16-8-7-15(23)11-17(16)24/h3,5,7-9,11-13,19H,4,6,10H2,1-2H3,(H,26,31)(H,27,30). The van der Waals surface area contributed by atoms with E-state index in [4.69, 9.17) is 4.52 Å². The van der Waals surface area contributed by atoms with Gasteiger partial charge in [0.1, 0.15) is 17.7 Å². The van der Waals surface area contributed by atoms with E-state index in [1.807, 2.05) is 13.8 Å². The summed E-state index contributed by atoms with van der Waals surface area (Å²) in [5.74, 6) is -1.98. The molecule has 10 heteroatoms. The molecule has 1 aromatic carbocycles. The average Bonchev–Trinajstić information content (AvgIpc) is 3.25. The Morgan fingerprint density at radius 3 is 2.69 bits per heavy atom. The number of benzene rings is 1. The van der Waals surface area contributed by atoms with Gasteiger partial charge in [0.2, 0.25) is 17.6 Å². The molecule has 1 unspecified atom stereocenters. The van der Waals surface area contributed by atoms with Gasteiger partial charge in [-0.1, -0.05) is 19.0 Å². The number of carbonyl (C=O) groups is 2. The summed E-state index contributed by atoms with van der Waals surface area (Å²) in [6.07, 6.45) is 3.71. The minimum Gasteiger partial charge on any atom is -0.352 e. The van der Waals surface area contributed by atoms with Gasteiger partial charge in [-0.15, -0.1) is 0 Å². The molecular formula is C22H23F2N5O3. The van der Waals surface area contributed by atoms with Crippen molar-refractivity contribution in [2.75, 3.05) is 6.54 Å². The van der Waals surface area contributed by atoms with Crippen molar-refractivity contribution in [1.82, 2.24) is 25.8 Å². The van der Waals surface area contributed by atoms with Crippen LogP contribution in [0.2, 0.25) is 0 Å². The first-order valence-electron chi connectivity index (χ1n) is 10.1. The van der Waals surface area contributed by atoms with Gasteiger partial charge in [-0.2, -0.15) is 4.98 Å². The molecule has 0 saturated carbocycles. The Morgan fingerprint density at radius 2 is 2.00 bits per heavy atom. The smallest absolute Gasteiger partial charge is 0.254 e. The van der Waals surface area contributed by atoms with Crippen LogP contribution in [-0.2, 0) is 4.79 Å². The lowest BCUT2D eigenvalue weighted by atomic mass is 10.0. The van der Waals surface area contributed by atoms with Crippen molar-refractivity contribution in [3.8, 4) is 11.4 Å². The van der Waals surface area contributed by atoms with Crippen molar-refractivity contribution in [1.29, 1.82) is 0 Å². The summed E-state index contributed by atoms with van der Waals surface area (Å²) in [6.45, 7) is 3.98. The first-order chi connectivity index (χ1) is 15.3. The largest absolute Gasteiger partial charge is 0.352 e. The second-order valence-electron chi connectivity index (χ2n) is 7.47. The van der Waals surface area contributed by atoms with E-state index in [-0.39, 0.29) is 36.2 Å². The highest BCUT2D eigenvalue weighted by molar-refractivity contribution is 5.94. The van der Waals surface area contributed by atoms with E-state index < -0.39 is 23.6 Å². The van der Waals surface area contributed by atoms with Gasteiger partial charge in [0.25, 0.3) is 5.91 Å². The van der Waals surface area contributed by atoms with Gasteiger partial charge in [0.15, 0.2) is 0 Å². The number of hydrogen-bond donors (Lipinski definition) is 2. The van der Waals surface area contributed by atoms with Crippen LogP contribution < -0.4 is 10.6 Å². The number of hydrogen-bond acceptors (Lipinski definition) is 6. The molecule has 168 valence electrons. The second kappa shape index (κ2) is 10.6. The fraction of sp³-hybridized carbons (Fsp3) is 0.318. The molecule has 0 aliphatic heterocycles. The van der Waals surface area contributed by atoms with Crippen LogP contribution in [0.5, 0.6) is 0 Å². The number of pyridine rings is 1. The molecule has 2 N–H and O–H groups in total. The second-order valence-corrected chi connectivity index (χ2v) is 7.47. The molecule has 3 aromatic rings. The van der Waals surface area contributed by atoms with Crippen LogP contribution in [0.15, 0.2) is 47.2 Å². The summed E-state index contributed by atoms with van der Waals surface area (Å²) in [7, 11) is 0. The van der Waals surface area contributed by atoms with Gasteiger partial charge in [-0.25, -0.2) is 8.78 Å². The monoisotopic (exact) mass is 443 g/mol.